The van der Waals surface area contributed by atoms with Gasteiger partial charge in [0.2, 0.25) is 5.91 Å². The van der Waals surface area contributed by atoms with E-state index in [0.29, 0.717) is 21.7 Å². The topological polar surface area (TPSA) is 73.9 Å². The van der Waals surface area contributed by atoms with E-state index in [-0.39, 0.29) is 11.5 Å². The van der Waals surface area contributed by atoms with Crippen LogP contribution in [0, 0.1) is 0 Å². The molecule has 6 nitrogen and oxygen atoms in total. The number of benzene rings is 2. The van der Waals surface area contributed by atoms with Crippen molar-refractivity contribution < 1.29 is 23.8 Å². The number of para-hydroxylation sites is 1. The van der Waals surface area contributed by atoms with Gasteiger partial charge in [-0.2, -0.15) is 0 Å². The second-order valence-corrected chi connectivity index (χ2v) is 5.95. The summed E-state index contributed by atoms with van der Waals surface area (Å²) in [7, 11) is 4.37. The van der Waals surface area contributed by atoms with Crippen LogP contribution in [-0.4, -0.2) is 33.2 Å². The van der Waals surface area contributed by atoms with Crippen molar-refractivity contribution in [2.75, 3.05) is 26.6 Å². The van der Waals surface area contributed by atoms with Gasteiger partial charge < -0.3 is 19.5 Å². The molecule has 0 aliphatic carbocycles. The molecule has 0 saturated carbocycles. The largest absolute Gasteiger partial charge is 0.493 e. The van der Waals surface area contributed by atoms with E-state index in [1.165, 1.54) is 20.3 Å². The molecule has 0 unspecified atom stereocenters. The first-order valence-electron chi connectivity index (χ1n) is 7.58. The van der Waals surface area contributed by atoms with E-state index in [0.717, 1.165) is 5.56 Å². The molecule has 1 amide bonds. The fraction of sp³-hybridized carbons (Fsp3) is 0.158. The van der Waals surface area contributed by atoms with E-state index in [1.54, 1.807) is 49.6 Å². The van der Waals surface area contributed by atoms with Gasteiger partial charge in [-0.3, -0.25) is 4.79 Å². The average molecular weight is 420 g/mol. The van der Waals surface area contributed by atoms with Gasteiger partial charge in [-0.25, -0.2) is 4.79 Å². The minimum atomic E-state index is -0.520. The minimum Gasteiger partial charge on any atom is -0.493 e. The molecule has 0 aliphatic heterocycles. The standard InChI is InChI=1S/C19H18BrNO5/c1-24-16-11-12(10-14(20)18(16)25-2)8-9-17(22)21-15-7-5-4-6-13(15)19(23)26-3/h4-11H,1-3H3,(H,21,22). The van der Waals surface area contributed by atoms with Crippen LogP contribution in [0.1, 0.15) is 15.9 Å². The fourth-order valence-electron chi connectivity index (χ4n) is 2.26. The molecule has 7 heteroatoms. The third-order valence-electron chi connectivity index (χ3n) is 3.47. The van der Waals surface area contributed by atoms with Crippen LogP contribution in [0.5, 0.6) is 11.5 Å². The van der Waals surface area contributed by atoms with E-state index in [2.05, 4.69) is 21.2 Å². The Morgan fingerprint density at radius 3 is 2.46 bits per heavy atom. The molecule has 0 radical (unpaired) electrons. The molecule has 2 aromatic rings. The molecule has 2 aromatic carbocycles. The first-order chi connectivity index (χ1) is 12.5. The van der Waals surface area contributed by atoms with E-state index in [9.17, 15) is 9.59 Å². The van der Waals surface area contributed by atoms with Crippen molar-refractivity contribution in [3.63, 3.8) is 0 Å². The van der Waals surface area contributed by atoms with E-state index >= 15 is 0 Å². The van der Waals surface area contributed by atoms with Crippen LogP contribution in [0.4, 0.5) is 5.69 Å². The molecule has 0 aromatic heterocycles. The first-order valence-corrected chi connectivity index (χ1v) is 8.37. The van der Waals surface area contributed by atoms with Crippen LogP contribution in [-0.2, 0) is 9.53 Å². The lowest BCUT2D eigenvalue weighted by molar-refractivity contribution is -0.111. The maximum Gasteiger partial charge on any atom is 0.339 e. The predicted molar refractivity (Wildman–Crippen MR) is 103 cm³/mol. The van der Waals surface area contributed by atoms with Crippen LogP contribution < -0.4 is 14.8 Å². The Balaban J connectivity index is 2.19. The van der Waals surface area contributed by atoms with Gasteiger partial charge in [0, 0.05) is 6.08 Å². The zero-order valence-electron chi connectivity index (χ0n) is 14.5. The number of amides is 1. The zero-order chi connectivity index (χ0) is 19.1. The van der Waals surface area contributed by atoms with E-state index in [4.69, 9.17) is 14.2 Å². The summed E-state index contributed by atoms with van der Waals surface area (Å²) in [6.07, 6.45) is 2.99. The van der Waals surface area contributed by atoms with Gasteiger partial charge in [-0.1, -0.05) is 12.1 Å². The number of hydrogen-bond donors (Lipinski definition) is 1. The van der Waals surface area contributed by atoms with E-state index in [1.807, 2.05) is 0 Å². The average Bonchev–Trinajstić information content (AvgIpc) is 2.65. The molecule has 0 fully saturated rings. The molecule has 0 bridgehead atoms. The zero-order valence-corrected chi connectivity index (χ0v) is 16.1. The van der Waals surface area contributed by atoms with Crippen LogP contribution in [0.3, 0.4) is 0 Å². The van der Waals surface area contributed by atoms with Gasteiger partial charge in [0.15, 0.2) is 11.5 Å². The first kappa shape index (κ1) is 19.5. The lowest BCUT2D eigenvalue weighted by Crippen LogP contribution is -2.12. The number of carbonyl (C=O) groups is 2. The van der Waals surface area contributed by atoms with Crippen LogP contribution in [0.15, 0.2) is 46.9 Å². The molecule has 0 aliphatic rings. The molecule has 26 heavy (non-hydrogen) atoms. The summed E-state index contributed by atoms with van der Waals surface area (Å²) < 4.78 is 15.9. The number of methoxy groups -OCH3 is 3. The lowest BCUT2D eigenvalue weighted by atomic mass is 10.1. The number of rotatable bonds is 6. The van der Waals surface area contributed by atoms with Crippen molar-refractivity contribution in [1.29, 1.82) is 0 Å². The highest BCUT2D eigenvalue weighted by Gasteiger charge is 2.12. The molecule has 0 spiro atoms. The van der Waals surface area contributed by atoms with Crippen LogP contribution in [0.25, 0.3) is 6.08 Å². The molecule has 0 saturated heterocycles. The fourth-order valence-corrected chi connectivity index (χ4v) is 2.88. The summed E-state index contributed by atoms with van der Waals surface area (Å²) in [4.78, 5) is 23.9. The van der Waals surface area contributed by atoms with Crippen molar-refractivity contribution in [3.8, 4) is 11.5 Å². The highest BCUT2D eigenvalue weighted by atomic mass is 79.9. The van der Waals surface area contributed by atoms with Crippen molar-refractivity contribution in [3.05, 3.63) is 58.1 Å². The van der Waals surface area contributed by atoms with E-state index < -0.39 is 5.97 Å². The Labute approximate surface area is 159 Å². The maximum atomic E-state index is 12.2. The second kappa shape index (κ2) is 9.05. The normalized spacial score (nSPS) is 10.5. The monoisotopic (exact) mass is 419 g/mol. The van der Waals surface area contributed by atoms with Crippen LogP contribution in [0.2, 0.25) is 0 Å². The minimum absolute atomic E-state index is 0.283. The maximum absolute atomic E-state index is 12.2. The summed E-state index contributed by atoms with van der Waals surface area (Å²) in [5, 5.41) is 2.67. The number of hydrogen-bond acceptors (Lipinski definition) is 5. The summed E-state index contributed by atoms with van der Waals surface area (Å²) >= 11 is 3.40. The Morgan fingerprint density at radius 2 is 1.81 bits per heavy atom. The number of carbonyl (C=O) groups excluding carboxylic acids is 2. The van der Waals surface area contributed by atoms with Crippen molar-refractivity contribution in [2.45, 2.75) is 0 Å². The highest BCUT2D eigenvalue weighted by Crippen LogP contribution is 2.36. The summed E-state index contributed by atoms with van der Waals surface area (Å²) in [6, 6.07) is 10.2. The highest BCUT2D eigenvalue weighted by molar-refractivity contribution is 9.10. The van der Waals surface area contributed by atoms with Crippen molar-refractivity contribution in [1.82, 2.24) is 0 Å². The number of nitrogens with one attached hydrogen (secondary N) is 1. The Hall–Kier alpha value is -2.80. The third-order valence-corrected chi connectivity index (χ3v) is 4.06. The second-order valence-electron chi connectivity index (χ2n) is 5.10. The Kier molecular flexibility index (Phi) is 6.80. The molecule has 1 N–H and O–H groups in total. The van der Waals surface area contributed by atoms with Gasteiger partial charge in [-0.05, 0) is 51.8 Å². The number of halogens is 1. The SMILES string of the molecule is COC(=O)c1ccccc1NC(=O)C=Cc1cc(Br)c(OC)c(OC)c1. The molecule has 136 valence electrons. The summed E-state index contributed by atoms with van der Waals surface area (Å²) in [5.41, 5.74) is 1.40. The van der Waals surface area contributed by atoms with Gasteiger partial charge >= 0.3 is 5.97 Å². The van der Waals surface area contributed by atoms with Crippen LogP contribution >= 0.6 is 15.9 Å². The quantitative estimate of drug-likeness (QED) is 0.567. The number of anilines is 1. The molecule has 2 rings (SSSR count). The number of ether oxygens (including phenoxy) is 3. The summed E-state index contributed by atoms with van der Waals surface area (Å²) in [6.45, 7) is 0. The molecule has 0 heterocycles. The molecular formula is C19H18BrNO5. The van der Waals surface area contributed by atoms with Gasteiger partial charge in [0.25, 0.3) is 0 Å². The van der Waals surface area contributed by atoms with Crippen molar-refractivity contribution >= 4 is 39.6 Å². The molecular weight excluding hydrogens is 402 g/mol. The summed E-state index contributed by atoms with van der Waals surface area (Å²) in [5.74, 6) is 0.208. The van der Waals surface area contributed by atoms with Gasteiger partial charge in [-0.15, -0.1) is 0 Å². The Morgan fingerprint density at radius 1 is 1.08 bits per heavy atom. The predicted octanol–water partition coefficient (Wildman–Crippen LogP) is 3.90. The third kappa shape index (κ3) is 4.64. The number of esters is 1. The molecule has 0 atom stereocenters. The smallest absolute Gasteiger partial charge is 0.339 e. The Bertz CT molecular complexity index is 848. The van der Waals surface area contributed by atoms with Crippen molar-refractivity contribution in [2.24, 2.45) is 0 Å². The van der Waals surface area contributed by atoms with Gasteiger partial charge in [0.1, 0.15) is 0 Å². The van der Waals surface area contributed by atoms with Gasteiger partial charge in [0.05, 0.1) is 37.1 Å². The lowest BCUT2D eigenvalue weighted by Gasteiger charge is -2.10.